The average molecular weight is 349 g/mol. The molecule has 0 radical (unpaired) electrons. The van der Waals surface area contributed by atoms with Crippen molar-refractivity contribution in [3.63, 3.8) is 0 Å². The van der Waals surface area contributed by atoms with Gasteiger partial charge in [-0.3, -0.25) is 14.9 Å². The SMILES string of the molecule is Cc1cc(-c2c(C(=O)O)c(N)[nH]c(=O)c2C(=O)O)c(O)c([N+](=O)[O-])c1. The van der Waals surface area contributed by atoms with Gasteiger partial charge in [0.05, 0.1) is 4.92 Å². The number of hydrogen-bond donors (Lipinski definition) is 5. The van der Waals surface area contributed by atoms with Crippen molar-refractivity contribution in [3.05, 3.63) is 49.3 Å². The first-order valence-electron chi connectivity index (χ1n) is 6.57. The molecule has 0 spiro atoms. The van der Waals surface area contributed by atoms with Gasteiger partial charge in [-0.05, 0) is 18.6 Å². The topological polar surface area (TPSA) is 197 Å². The first-order valence-corrected chi connectivity index (χ1v) is 6.57. The lowest BCUT2D eigenvalue weighted by molar-refractivity contribution is -0.385. The number of anilines is 1. The number of phenols is 1. The second kappa shape index (κ2) is 5.96. The summed E-state index contributed by atoms with van der Waals surface area (Å²) >= 11 is 0. The lowest BCUT2D eigenvalue weighted by Crippen LogP contribution is -2.24. The van der Waals surface area contributed by atoms with Crippen molar-refractivity contribution in [1.82, 2.24) is 4.98 Å². The number of carboxylic acids is 2. The number of aromatic amines is 1. The van der Waals surface area contributed by atoms with Crippen LogP contribution in [0.2, 0.25) is 0 Å². The largest absolute Gasteiger partial charge is 0.502 e. The van der Waals surface area contributed by atoms with E-state index in [4.69, 9.17) is 5.73 Å². The average Bonchev–Trinajstić information content (AvgIpc) is 2.47. The Kier molecular flexibility index (Phi) is 4.16. The van der Waals surface area contributed by atoms with Crippen LogP contribution in [0.15, 0.2) is 16.9 Å². The highest BCUT2D eigenvalue weighted by Gasteiger charge is 2.30. The molecule has 0 bridgehead atoms. The number of nitrogens with one attached hydrogen (secondary N) is 1. The molecule has 0 aliphatic rings. The number of nitro groups is 1. The monoisotopic (exact) mass is 349 g/mol. The third-order valence-electron chi connectivity index (χ3n) is 3.37. The molecule has 0 amide bonds. The molecule has 0 saturated heterocycles. The summed E-state index contributed by atoms with van der Waals surface area (Å²) in [6.07, 6.45) is 0. The maximum absolute atomic E-state index is 11.9. The number of aromatic hydroxyl groups is 1. The zero-order valence-electron chi connectivity index (χ0n) is 12.6. The van der Waals surface area contributed by atoms with Crippen molar-refractivity contribution in [1.29, 1.82) is 0 Å². The lowest BCUT2D eigenvalue weighted by Gasteiger charge is -2.14. The summed E-state index contributed by atoms with van der Waals surface area (Å²) in [6, 6.07) is 2.13. The molecule has 0 aliphatic heterocycles. The van der Waals surface area contributed by atoms with E-state index in [1.165, 1.54) is 6.92 Å². The third kappa shape index (κ3) is 2.85. The van der Waals surface area contributed by atoms with E-state index < -0.39 is 61.9 Å². The summed E-state index contributed by atoms with van der Waals surface area (Å²) in [5.74, 6) is -5.11. The van der Waals surface area contributed by atoms with Gasteiger partial charge in [0.25, 0.3) is 5.56 Å². The van der Waals surface area contributed by atoms with Crippen LogP contribution in [-0.4, -0.2) is 37.2 Å². The normalized spacial score (nSPS) is 10.4. The van der Waals surface area contributed by atoms with Gasteiger partial charge in [0.15, 0.2) is 0 Å². The highest BCUT2D eigenvalue weighted by Crippen LogP contribution is 2.41. The molecule has 0 unspecified atom stereocenters. The van der Waals surface area contributed by atoms with Crippen LogP contribution in [0.25, 0.3) is 11.1 Å². The summed E-state index contributed by atoms with van der Waals surface area (Å²) in [7, 11) is 0. The van der Waals surface area contributed by atoms with Crippen LogP contribution in [0.1, 0.15) is 26.3 Å². The molecule has 130 valence electrons. The van der Waals surface area contributed by atoms with Crippen LogP contribution < -0.4 is 11.3 Å². The summed E-state index contributed by atoms with van der Waals surface area (Å²) in [5.41, 5.74) is 0.679. The Morgan fingerprint density at radius 2 is 1.76 bits per heavy atom. The van der Waals surface area contributed by atoms with Crippen molar-refractivity contribution in [3.8, 4) is 16.9 Å². The molecule has 25 heavy (non-hydrogen) atoms. The molecule has 1 heterocycles. The van der Waals surface area contributed by atoms with Gasteiger partial charge in [0.1, 0.15) is 16.9 Å². The van der Waals surface area contributed by atoms with E-state index in [0.29, 0.717) is 0 Å². The summed E-state index contributed by atoms with van der Waals surface area (Å²) in [4.78, 5) is 46.9. The maximum atomic E-state index is 11.9. The van der Waals surface area contributed by atoms with Crippen LogP contribution >= 0.6 is 0 Å². The number of aryl methyl sites for hydroxylation is 1. The molecule has 6 N–H and O–H groups in total. The van der Waals surface area contributed by atoms with E-state index >= 15 is 0 Å². The van der Waals surface area contributed by atoms with Crippen molar-refractivity contribution in [2.45, 2.75) is 6.92 Å². The van der Waals surface area contributed by atoms with E-state index in [1.54, 1.807) is 0 Å². The predicted molar refractivity (Wildman–Crippen MR) is 83.9 cm³/mol. The lowest BCUT2D eigenvalue weighted by atomic mass is 9.93. The summed E-state index contributed by atoms with van der Waals surface area (Å²) in [5, 5.41) is 39.8. The van der Waals surface area contributed by atoms with Crippen molar-refractivity contribution >= 4 is 23.4 Å². The second-order valence-electron chi connectivity index (χ2n) is 5.04. The predicted octanol–water partition coefficient (Wildman–Crippen LogP) is 0.943. The Morgan fingerprint density at radius 1 is 1.20 bits per heavy atom. The van der Waals surface area contributed by atoms with E-state index in [2.05, 4.69) is 0 Å². The minimum atomic E-state index is -1.79. The number of rotatable bonds is 4. The molecule has 0 aliphatic carbocycles. The summed E-state index contributed by atoms with van der Waals surface area (Å²) < 4.78 is 0. The fraction of sp³-hybridized carbons (Fsp3) is 0.0714. The number of nitro benzene ring substituents is 1. The number of nitrogens with zero attached hydrogens (tertiary/aromatic N) is 1. The molecular weight excluding hydrogens is 338 g/mol. The van der Waals surface area contributed by atoms with Gasteiger partial charge in [-0.15, -0.1) is 0 Å². The number of nitrogens with two attached hydrogens (primary N) is 1. The Bertz CT molecular complexity index is 993. The van der Waals surface area contributed by atoms with Crippen LogP contribution in [0, 0.1) is 17.0 Å². The van der Waals surface area contributed by atoms with Crippen molar-refractivity contribution in [2.24, 2.45) is 0 Å². The van der Waals surface area contributed by atoms with E-state index in [1.807, 2.05) is 4.98 Å². The van der Waals surface area contributed by atoms with Gasteiger partial charge in [-0.25, -0.2) is 9.59 Å². The number of pyridine rings is 1. The smallest absolute Gasteiger partial charge is 0.342 e. The first-order chi connectivity index (χ1) is 11.6. The molecule has 1 aromatic heterocycles. The minimum absolute atomic E-state index is 0.228. The van der Waals surface area contributed by atoms with E-state index in [-0.39, 0.29) is 5.56 Å². The zero-order valence-corrected chi connectivity index (χ0v) is 12.6. The standard InChI is InChI=1S/C14H11N3O8/c1-4-2-5(10(18)6(3-4)17(24)25)7-8(13(20)21)11(15)16-12(19)9(7)14(22)23/h2-3,18H,1H3,(H,20,21)(H,22,23)(H3,15,16,19). The van der Waals surface area contributed by atoms with Gasteiger partial charge in [-0.2, -0.15) is 0 Å². The van der Waals surface area contributed by atoms with E-state index in [9.17, 15) is 39.8 Å². The van der Waals surface area contributed by atoms with Crippen LogP contribution in [0.4, 0.5) is 11.5 Å². The van der Waals surface area contributed by atoms with Gasteiger partial charge in [0, 0.05) is 17.2 Å². The van der Waals surface area contributed by atoms with Crippen LogP contribution in [0.3, 0.4) is 0 Å². The molecule has 1 aromatic carbocycles. The fourth-order valence-corrected chi connectivity index (χ4v) is 2.41. The number of carboxylic acid groups (broad SMARTS) is 2. The zero-order chi connectivity index (χ0) is 19.0. The first kappa shape index (κ1) is 17.5. The number of hydrogen-bond acceptors (Lipinski definition) is 7. The highest BCUT2D eigenvalue weighted by atomic mass is 16.6. The molecule has 11 nitrogen and oxygen atoms in total. The highest BCUT2D eigenvalue weighted by molar-refractivity contribution is 6.08. The van der Waals surface area contributed by atoms with Gasteiger partial charge in [0.2, 0.25) is 5.75 Å². The van der Waals surface area contributed by atoms with Gasteiger partial charge >= 0.3 is 17.6 Å². The second-order valence-corrected chi connectivity index (χ2v) is 5.04. The number of phenolic OH excluding ortho intramolecular Hbond substituents is 1. The Morgan fingerprint density at radius 3 is 2.24 bits per heavy atom. The van der Waals surface area contributed by atoms with Crippen LogP contribution in [0.5, 0.6) is 5.75 Å². The van der Waals surface area contributed by atoms with Crippen molar-refractivity contribution < 1.29 is 29.8 Å². The number of nitrogen functional groups attached to an aromatic ring is 1. The molecule has 11 heteroatoms. The summed E-state index contributed by atoms with van der Waals surface area (Å²) in [6.45, 7) is 1.41. The number of H-pyrrole nitrogens is 1. The van der Waals surface area contributed by atoms with E-state index in [0.717, 1.165) is 12.1 Å². The quantitative estimate of drug-likeness (QED) is 0.394. The maximum Gasteiger partial charge on any atom is 0.342 e. The molecule has 0 saturated carbocycles. The number of carbonyl (C=O) groups is 2. The van der Waals surface area contributed by atoms with Crippen LogP contribution in [-0.2, 0) is 0 Å². The third-order valence-corrected chi connectivity index (χ3v) is 3.37. The number of aromatic nitrogens is 1. The van der Waals surface area contributed by atoms with Gasteiger partial charge < -0.3 is 26.0 Å². The molecule has 2 rings (SSSR count). The van der Waals surface area contributed by atoms with Gasteiger partial charge in [-0.1, -0.05) is 0 Å². The Balaban J connectivity index is 3.12. The number of benzene rings is 1. The molecule has 0 atom stereocenters. The molecular formula is C14H11N3O8. The minimum Gasteiger partial charge on any atom is -0.502 e. The Labute approximate surface area is 138 Å². The molecule has 0 fully saturated rings. The fourth-order valence-electron chi connectivity index (χ4n) is 2.41. The van der Waals surface area contributed by atoms with Crippen molar-refractivity contribution in [2.75, 3.05) is 5.73 Å². The Hall–Kier alpha value is -3.89. The molecule has 2 aromatic rings. The number of aromatic carboxylic acids is 2.